The van der Waals surface area contributed by atoms with E-state index in [1.807, 2.05) is 0 Å². The minimum absolute atomic E-state index is 0.0161. The lowest BCUT2D eigenvalue weighted by Gasteiger charge is -2.21. The van der Waals surface area contributed by atoms with Crippen LogP contribution in [0.5, 0.6) is 11.5 Å². The number of phenols is 1. The first-order valence-corrected chi connectivity index (χ1v) is 9.60. The zero-order valence-electron chi connectivity index (χ0n) is 15.3. The van der Waals surface area contributed by atoms with Crippen LogP contribution in [0.25, 0.3) is 0 Å². The normalized spacial score (nSPS) is 10.5. The average molecular weight is 446 g/mol. The number of para-hydroxylation sites is 1. The molecule has 0 aliphatic rings. The molecule has 6 nitrogen and oxygen atoms in total. The molecule has 0 saturated carbocycles. The summed E-state index contributed by atoms with van der Waals surface area (Å²) in [5, 5.41) is 13.1. The van der Waals surface area contributed by atoms with E-state index in [4.69, 9.17) is 39.5 Å². The van der Waals surface area contributed by atoms with Gasteiger partial charge in [0.25, 0.3) is 5.91 Å². The van der Waals surface area contributed by atoms with Gasteiger partial charge < -0.3 is 20.1 Å². The molecule has 0 fully saturated rings. The Morgan fingerprint density at radius 3 is 2.32 bits per heavy atom. The van der Waals surface area contributed by atoms with Crippen LogP contribution < -0.4 is 10.1 Å². The number of benzene rings is 2. The highest BCUT2D eigenvalue weighted by Crippen LogP contribution is 2.35. The number of ether oxygens (including phenoxy) is 1. The highest BCUT2D eigenvalue weighted by molar-refractivity contribution is 6.39. The number of likely N-dealkylation sites (N-methyl/N-ethyl adjacent to an activating group) is 1. The van der Waals surface area contributed by atoms with E-state index < -0.39 is 11.8 Å². The minimum atomic E-state index is -0.458. The number of nitrogens with one attached hydrogen (secondary N) is 1. The fraction of sp³-hybridized carbons (Fsp3) is 0.263. The number of anilines is 1. The Bertz CT molecular complexity index is 869. The molecule has 0 radical (unpaired) electrons. The topological polar surface area (TPSA) is 78.9 Å². The minimum Gasteiger partial charge on any atom is -0.503 e. The van der Waals surface area contributed by atoms with E-state index in [-0.39, 0.29) is 40.9 Å². The van der Waals surface area contributed by atoms with E-state index in [2.05, 4.69) is 5.32 Å². The molecule has 2 N–H and O–H groups in total. The van der Waals surface area contributed by atoms with Crippen LogP contribution in [0.15, 0.2) is 30.3 Å². The molecule has 28 heavy (non-hydrogen) atoms. The third-order valence-corrected chi connectivity index (χ3v) is 4.72. The SMILES string of the molecule is CCOc1cc(C(=O)N(CC)CC(=O)Nc2c(Cl)cccc2Cl)cc(Cl)c1O. The fourth-order valence-electron chi connectivity index (χ4n) is 2.44. The molecule has 2 aromatic carbocycles. The lowest BCUT2D eigenvalue weighted by Crippen LogP contribution is -2.38. The highest BCUT2D eigenvalue weighted by atomic mass is 35.5. The summed E-state index contributed by atoms with van der Waals surface area (Å²) in [6, 6.07) is 7.57. The predicted octanol–water partition coefficient (Wildman–Crippen LogP) is 4.85. The van der Waals surface area contributed by atoms with Crippen LogP contribution in [-0.4, -0.2) is 41.5 Å². The predicted molar refractivity (Wildman–Crippen MR) is 111 cm³/mol. The quantitative estimate of drug-likeness (QED) is 0.638. The van der Waals surface area contributed by atoms with Gasteiger partial charge in [-0.25, -0.2) is 0 Å². The van der Waals surface area contributed by atoms with Crippen molar-refractivity contribution in [3.63, 3.8) is 0 Å². The summed E-state index contributed by atoms with van der Waals surface area (Å²) in [5.41, 5.74) is 0.474. The van der Waals surface area contributed by atoms with Crippen molar-refractivity contribution in [2.75, 3.05) is 25.0 Å². The van der Waals surface area contributed by atoms with Gasteiger partial charge in [-0.3, -0.25) is 9.59 Å². The summed E-state index contributed by atoms with van der Waals surface area (Å²) in [7, 11) is 0. The first-order valence-electron chi connectivity index (χ1n) is 8.46. The Morgan fingerprint density at radius 1 is 1.11 bits per heavy atom. The Kier molecular flexibility index (Phi) is 7.80. The van der Waals surface area contributed by atoms with Crippen LogP contribution in [0.2, 0.25) is 15.1 Å². The summed E-state index contributed by atoms with van der Waals surface area (Å²) in [4.78, 5) is 26.5. The molecule has 0 saturated heterocycles. The van der Waals surface area contributed by atoms with Crippen molar-refractivity contribution in [2.24, 2.45) is 0 Å². The van der Waals surface area contributed by atoms with Crippen molar-refractivity contribution in [1.29, 1.82) is 0 Å². The number of amides is 2. The summed E-state index contributed by atoms with van der Waals surface area (Å²) >= 11 is 18.1. The molecule has 0 atom stereocenters. The van der Waals surface area contributed by atoms with E-state index in [0.29, 0.717) is 16.7 Å². The maximum Gasteiger partial charge on any atom is 0.254 e. The molecule has 2 aromatic rings. The number of rotatable bonds is 7. The zero-order chi connectivity index (χ0) is 20.8. The largest absolute Gasteiger partial charge is 0.503 e. The molecule has 0 aromatic heterocycles. The van der Waals surface area contributed by atoms with Gasteiger partial charge in [0.05, 0.1) is 27.4 Å². The molecular weight excluding hydrogens is 427 g/mol. The lowest BCUT2D eigenvalue weighted by molar-refractivity contribution is -0.116. The van der Waals surface area contributed by atoms with Gasteiger partial charge in [-0.2, -0.15) is 0 Å². The molecule has 9 heteroatoms. The number of hydrogen-bond acceptors (Lipinski definition) is 4. The molecule has 0 bridgehead atoms. The average Bonchev–Trinajstić information content (AvgIpc) is 2.66. The number of carbonyl (C=O) groups is 2. The van der Waals surface area contributed by atoms with Crippen LogP contribution in [0.1, 0.15) is 24.2 Å². The number of aromatic hydroxyl groups is 1. The smallest absolute Gasteiger partial charge is 0.254 e. The first-order chi connectivity index (χ1) is 13.3. The molecule has 0 spiro atoms. The van der Waals surface area contributed by atoms with E-state index in [9.17, 15) is 14.7 Å². The fourth-order valence-corrected chi connectivity index (χ4v) is 3.14. The van der Waals surface area contributed by atoms with Crippen molar-refractivity contribution < 1.29 is 19.4 Å². The monoisotopic (exact) mass is 444 g/mol. The van der Waals surface area contributed by atoms with Crippen LogP contribution in [-0.2, 0) is 4.79 Å². The maximum absolute atomic E-state index is 12.8. The van der Waals surface area contributed by atoms with Gasteiger partial charge in [0.1, 0.15) is 6.54 Å². The molecule has 2 rings (SSSR count). The second-order valence-electron chi connectivity index (χ2n) is 5.70. The van der Waals surface area contributed by atoms with Crippen LogP contribution in [0.4, 0.5) is 5.69 Å². The van der Waals surface area contributed by atoms with Gasteiger partial charge in [-0.1, -0.05) is 40.9 Å². The zero-order valence-corrected chi connectivity index (χ0v) is 17.5. The van der Waals surface area contributed by atoms with Gasteiger partial charge in [0, 0.05) is 12.1 Å². The van der Waals surface area contributed by atoms with Crippen molar-refractivity contribution >= 4 is 52.3 Å². The van der Waals surface area contributed by atoms with Crippen LogP contribution in [0.3, 0.4) is 0 Å². The van der Waals surface area contributed by atoms with E-state index in [0.717, 1.165) is 0 Å². The second-order valence-corrected chi connectivity index (χ2v) is 6.92. The van der Waals surface area contributed by atoms with Crippen molar-refractivity contribution in [2.45, 2.75) is 13.8 Å². The summed E-state index contributed by atoms with van der Waals surface area (Å²) in [5.74, 6) is -1.04. The van der Waals surface area contributed by atoms with Crippen molar-refractivity contribution in [3.05, 3.63) is 51.0 Å². The lowest BCUT2D eigenvalue weighted by atomic mass is 10.1. The van der Waals surface area contributed by atoms with Crippen LogP contribution in [0, 0.1) is 0 Å². The number of halogens is 3. The van der Waals surface area contributed by atoms with Crippen LogP contribution >= 0.6 is 34.8 Å². The third kappa shape index (κ3) is 5.22. The number of carbonyl (C=O) groups excluding carboxylic acids is 2. The molecule has 0 unspecified atom stereocenters. The van der Waals surface area contributed by atoms with E-state index in [1.165, 1.54) is 17.0 Å². The van der Waals surface area contributed by atoms with E-state index in [1.54, 1.807) is 32.0 Å². The number of phenolic OH excluding ortho intramolecular Hbond substituents is 1. The van der Waals surface area contributed by atoms with E-state index >= 15 is 0 Å². The molecular formula is C19H19Cl3N2O4. The first kappa shape index (κ1) is 22.1. The van der Waals surface area contributed by atoms with Gasteiger partial charge in [0.2, 0.25) is 5.91 Å². The van der Waals surface area contributed by atoms with Crippen molar-refractivity contribution in [3.8, 4) is 11.5 Å². The summed E-state index contributed by atoms with van der Waals surface area (Å²) < 4.78 is 5.29. The van der Waals surface area contributed by atoms with Gasteiger partial charge in [-0.15, -0.1) is 0 Å². The summed E-state index contributed by atoms with van der Waals surface area (Å²) in [6.45, 7) is 3.81. The Balaban J connectivity index is 2.19. The molecule has 2 amide bonds. The second kappa shape index (κ2) is 9.87. The number of nitrogens with zero attached hydrogens (tertiary/aromatic N) is 1. The third-order valence-electron chi connectivity index (χ3n) is 3.81. The Labute approximate surface area is 177 Å². The van der Waals surface area contributed by atoms with Gasteiger partial charge >= 0.3 is 0 Å². The number of hydrogen-bond donors (Lipinski definition) is 2. The van der Waals surface area contributed by atoms with Gasteiger partial charge in [-0.05, 0) is 38.1 Å². The molecule has 0 aliphatic carbocycles. The molecule has 0 heterocycles. The Morgan fingerprint density at radius 2 is 1.75 bits per heavy atom. The highest BCUT2D eigenvalue weighted by Gasteiger charge is 2.21. The van der Waals surface area contributed by atoms with Gasteiger partial charge in [0.15, 0.2) is 11.5 Å². The maximum atomic E-state index is 12.8. The standard InChI is InChI=1S/C19H19Cl3N2O4/c1-3-24(10-16(25)23-17-12(20)6-5-7-13(17)21)19(27)11-8-14(22)18(26)15(9-11)28-4-2/h5-9,26H,3-4,10H2,1-2H3,(H,23,25). The summed E-state index contributed by atoms with van der Waals surface area (Å²) in [6.07, 6.45) is 0. The van der Waals surface area contributed by atoms with Crippen molar-refractivity contribution in [1.82, 2.24) is 4.90 Å². The Hall–Kier alpha value is -2.15. The molecule has 0 aliphatic heterocycles. The molecule has 150 valence electrons.